The second kappa shape index (κ2) is 9.74. The fraction of sp³-hybridized carbons (Fsp3) is 0.375. The highest BCUT2D eigenvalue weighted by Gasteiger charge is 2.60. The third-order valence-corrected chi connectivity index (χ3v) is 9.34. The van der Waals surface area contributed by atoms with Crippen LogP contribution in [0.3, 0.4) is 0 Å². The normalized spacial score (nSPS) is 22.6. The van der Waals surface area contributed by atoms with Gasteiger partial charge in [-0.1, -0.05) is 0 Å². The molecule has 3 aliphatic rings. The number of carbonyl (C=O) groups excluding carboxylic acids is 1. The summed E-state index contributed by atoms with van der Waals surface area (Å²) in [5.74, 6) is -5.95. The van der Waals surface area contributed by atoms with Gasteiger partial charge in [0.05, 0.1) is 34.0 Å². The van der Waals surface area contributed by atoms with E-state index in [0.717, 1.165) is 30.3 Å². The van der Waals surface area contributed by atoms with Crippen LogP contribution in [-0.4, -0.2) is 39.5 Å². The molecule has 0 spiro atoms. The number of amides is 1. The second-order valence-corrected chi connectivity index (χ2v) is 11.7. The Balaban J connectivity index is 1.38. The largest absolute Gasteiger partial charge is 0.451 e. The summed E-state index contributed by atoms with van der Waals surface area (Å²) in [6, 6.07) is 5.24. The summed E-state index contributed by atoms with van der Waals surface area (Å²) in [5, 5.41) is 1.36. The second-order valence-electron chi connectivity index (χ2n) is 9.56. The molecule has 3 aromatic rings. The summed E-state index contributed by atoms with van der Waals surface area (Å²) in [5.41, 5.74) is -1.01. The Morgan fingerprint density at radius 3 is 2.08 bits per heavy atom. The molecule has 2 heterocycles. The Morgan fingerprint density at radius 1 is 0.900 bits per heavy atom. The number of hydrogen-bond donors (Lipinski definition) is 1. The van der Waals surface area contributed by atoms with Gasteiger partial charge in [-0.05, 0) is 55.0 Å². The van der Waals surface area contributed by atoms with Gasteiger partial charge in [0.15, 0.2) is 9.84 Å². The number of alkyl halides is 6. The number of hydrogen-bond acceptors (Lipinski definition) is 7. The fourth-order valence-electron chi connectivity index (χ4n) is 5.19. The molecule has 6 rings (SSSR count). The van der Waals surface area contributed by atoms with Crippen molar-refractivity contribution in [2.24, 2.45) is 17.8 Å². The molecule has 2 bridgehead atoms. The standard InChI is InChI=1S/C24H18F7N5O3S/c25-14-1-3-16(4-2-14)40(38,39)19-12-5-11(6-12)18(19)20(37)32-10-15-7-17(36-22(35-15)24(29,30)31)13-8-33-21(34-9-13)23(26,27)28/h1-4,7-9,11-12,18-19H,5-6,10H2,(H,32,37)/t11?,12?,18-,19?/m1/s1. The number of sulfone groups is 1. The molecule has 1 amide bonds. The van der Waals surface area contributed by atoms with Gasteiger partial charge in [-0.3, -0.25) is 4.79 Å². The third-order valence-electron chi connectivity index (χ3n) is 7.02. The van der Waals surface area contributed by atoms with Crippen LogP contribution in [0, 0.1) is 23.6 Å². The first-order valence-electron chi connectivity index (χ1n) is 11.8. The molecule has 2 aromatic heterocycles. The lowest BCUT2D eigenvalue weighted by Gasteiger charge is -2.24. The predicted molar refractivity (Wildman–Crippen MR) is 122 cm³/mol. The molecule has 8 nitrogen and oxygen atoms in total. The van der Waals surface area contributed by atoms with Crippen molar-refractivity contribution in [3.8, 4) is 11.3 Å². The molecular formula is C24H18F7N5O3S. The summed E-state index contributed by atoms with van der Waals surface area (Å²) in [7, 11) is -4.02. The molecule has 40 heavy (non-hydrogen) atoms. The highest BCUT2D eigenvalue weighted by molar-refractivity contribution is 7.92. The molecular weight excluding hydrogens is 571 g/mol. The van der Waals surface area contributed by atoms with E-state index in [2.05, 4.69) is 25.3 Å². The van der Waals surface area contributed by atoms with Crippen molar-refractivity contribution in [1.82, 2.24) is 25.3 Å². The maximum absolute atomic E-state index is 13.5. The number of aromatic nitrogens is 4. The Kier molecular flexibility index (Phi) is 6.79. The lowest BCUT2D eigenvalue weighted by atomic mass is 9.82. The van der Waals surface area contributed by atoms with Gasteiger partial charge >= 0.3 is 12.4 Å². The zero-order valence-corrected chi connectivity index (χ0v) is 20.9. The topological polar surface area (TPSA) is 115 Å². The van der Waals surface area contributed by atoms with E-state index in [1.807, 2.05) is 0 Å². The van der Waals surface area contributed by atoms with Gasteiger partial charge in [0, 0.05) is 18.0 Å². The first-order valence-corrected chi connectivity index (χ1v) is 13.3. The lowest BCUT2D eigenvalue weighted by Crippen LogP contribution is -2.39. The molecule has 0 aliphatic heterocycles. The van der Waals surface area contributed by atoms with E-state index in [-0.39, 0.29) is 28.0 Å². The number of nitrogens with one attached hydrogen (secondary N) is 1. The number of nitrogens with zero attached hydrogens (tertiary/aromatic N) is 4. The first-order chi connectivity index (χ1) is 18.6. The summed E-state index contributed by atoms with van der Waals surface area (Å²) in [4.78, 5) is 26.0. The molecule has 1 N–H and O–H groups in total. The number of rotatable bonds is 6. The van der Waals surface area contributed by atoms with Crippen LogP contribution in [0.5, 0.6) is 0 Å². The molecule has 0 radical (unpaired) electrons. The lowest BCUT2D eigenvalue weighted by molar-refractivity contribution is -0.145. The van der Waals surface area contributed by atoms with Crippen LogP contribution in [0.1, 0.15) is 30.2 Å². The minimum atomic E-state index is -5.03. The number of carbonyl (C=O) groups is 1. The van der Waals surface area contributed by atoms with Gasteiger partial charge in [0.1, 0.15) is 5.82 Å². The van der Waals surface area contributed by atoms with Crippen LogP contribution in [0.2, 0.25) is 0 Å². The van der Waals surface area contributed by atoms with Crippen molar-refractivity contribution >= 4 is 15.7 Å². The molecule has 3 saturated carbocycles. The first kappa shape index (κ1) is 27.9. The Morgan fingerprint density at radius 2 is 1.50 bits per heavy atom. The van der Waals surface area contributed by atoms with E-state index in [1.54, 1.807) is 0 Å². The highest BCUT2D eigenvalue weighted by atomic mass is 32.2. The van der Waals surface area contributed by atoms with Gasteiger partial charge in [0.2, 0.25) is 17.6 Å². The SMILES string of the molecule is O=C(NCc1cc(-c2cnc(C(F)(F)F)nc2)nc(C(F)(F)F)n1)[C@@H]1C2CC(C2)C1S(=O)(=O)c1ccc(F)cc1. The van der Waals surface area contributed by atoms with Crippen molar-refractivity contribution in [2.75, 3.05) is 0 Å². The highest BCUT2D eigenvalue weighted by Crippen LogP contribution is 2.56. The third kappa shape index (κ3) is 5.23. The van der Waals surface area contributed by atoms with Gasteiger partial charge in [0.25, 0.3) is 0 Å². The zero-order valence-electron chi connectivity index (χ0n) is 20.0. The summed E-state index contributed by atoms with van der Waals surface area (Å²) >= 11 is 0. The maximum Gasteiger partial charge on any atom is 0.451 e. The molecule has 1 aromatic carbocycles. The quantitative estimate of drug-likeness (QED) is 0.338. The molecule has 0 saturated heterocycles. The maximum atomic E-state index is 13.5. The molecule has 3 aliphatic carbocycles. The van der Waals surface area contributed by atoms with Gasteiger partial charge in [-0.15, -0.1) is 0 Å². The Hall–Kier alpha value is -3.69. The molecule has 3 fully saturated rings. The minimum absolute atomic E-state index is 0.140. The monoisotopic (exact) mass is 589 g/mol. The van der Waals surface area contributed by atoms with Crippen LogP contribution in [-0.2, 0) is 33.5 Å². The van der Waals surface area contributed by atoms with Gasteiger partial charge in [-0.2, -0.15) is 26.3 Å². The zero-order chi connectivity index (χ0) is 29.0. The average Bonchev–Trinajstić information content (AvgIpc) is 3.44. The average molecular weight is 589 g/mol. The van der Waals surface area contributed by atoms with Crippen LogP contribution in [0.4, 0.5) is 30.7 Å². The van der Waals surface area contributed by atoms with Crippen LogP contribution >= 0.6 is 0 Å². The van der Waals surface area contributed by atoms with E-state index in [4.69, 9.17) is 0 Å². The summed E-state index contributed by atoms with van der Waals surface area (Å²) in [6.07, 6.45) is -7.60. The summed E-state index contributed by atoms with van der Waals surface area (Å²) in [6.45, 7) is -0.546. The van der Waals surface area contributed by atoms with E-state index >= 15 is 0 Å². The van der Waals surface area contributed by atoms with E-state index in [0.29, 0.717) is 25.2 Å². The number of benzene rings is 1. The molecule has 1 unspecified atom stereocenters. The van der Waals surface area contributed by atoms with Gasteiger partial charge in [-0.25, -0.2) is 32.7 Å². The molecule has 16 heteroatoms. The van der Waals surface area contributed by atoms with Crippen molar-refractivity contribution in [3.05, 3.63) is 65.9 Å². The summed E-state index contributed by atoms with van der Waals surface area (Å²) < 4.78 is 119. The van der Waals surface area contributed by atoms with Crippen LogP contribution in [0.25, 0.3) is 11.3 Å². The number of halogens is 7. The molecule has 212 valence electrons. The Labute approximate surface area is 222 Å². The smallest absolute Gasteiger partial charge is 0.350 e. The van der Waals surface area contributed by atoms with Crippen molar-refractivity contribution in [3.63, 3.8) is 0 Å². The van der Waals surface area contributed by atoms with Crippen LogP contribution < -0.4 is 5.32 Å². The van der Waals surface area contributed by atoms with Crippen molar-refractivity contribution < 1.29 is 43.9 Å². The van der Waals surface area contributed by atoms with Crippen molar-refractivity contribution in [1.29, 1.82) is 0 Å². The minimum Gasteiger partial charge on any atom is -0.350 e. The van der Waals surface area contributed by atoms with E-state index in [9.17, 15) is 43.9 Å². The number of fused-ring (bicyclic) bond motifs is 1. The Bertz CT molecular complexity index is 1540. The fourth-order valence-corrected chi connectivity index (χ4v) is 7.48. The van der Waals surface area contributed by atoms with Crippen molar-refractivity contribution in [2.45, 2.75) is 41.9 Å². The van der Waals surface area contributed by atoms with Crippen LogP contribution in [0.15, 0.2) is 47.6 Å². The van der Waals surface area contributed by atoms with E-state index in [1.165, 1.54) is 0 Å². The van der Waals surface area contributed by atoms with Gasteiger partial charge < -0.3 is 5.32 Å². The predicted octanol–water partition coefficient (Wildman–Crippen LogP) is 4.23. The molecule has 2 atom stereocenters. The van der Waals surface area contributed by atoms with E-state index < -0.39 is 69.0 Å².